The Bertz CT molecular complexity index is 515. The van der Waals surface area contributed by atoms with Crippen LogP contribution < -0.4 is 5.32 Å². The second kappa shape index (κ2) is 8.61. The summed E-state index contributed by atoms with van der Waals surface area (Å²) in [4.78, 5) is 23.2. The molecule has 2 heterocycles. The highest BCUT2D eigenvalue weighted by Crippen LogP contribution is 2.14. The number of nitrogens with zero attached hydrogens (tertiary/aromatic N) is 3. The molecule has 1 fully saturated rings. The van der Waals surface area contributed by atoms with E-state index in [4.69, 9.17) is 4.74 Å². The van der Waals surface area contributed by atoms with Crippen LogP contribution >= 0.6 is 11.8 Å². The maximum Gasteiger partial charge on any atom is 0.230 e. The lowest BCUT2D eigenvalue weighted by Crippen LogP contribution is -2.52. The number of hydrogen-bond acceptors (Lipinski definition) is 6. The molecule has 2 atom stereocenters. The van der Waals surface area contributed by atoms with Crippen LogP contribution in [-0.2, 0) is 9.53 Å². The van der Waals surface area contributed by atoms with Gasteiger partial charge in [-0.15, -0.1) is 0 Å². The molecule has 0 aromatic carbocycles. The van der Waals surface area contributed by atoms with Crippen LogP contribution in [0.1, 0.15) is 25.2 Å². The van der Waals surface area contributed by atoms with E-state index in [2.05, 4.69) is 34.0 Å². The lowest BCUT2D eigenvalue weighted by atomic mass is 10.1. The van der Waals surface area contributed by atoms with Crippen LogP contribution in [0.3, 0.4) is 0 Å². The van der Waals surface area contributed by atoms with Gasteiger partial charge in [-0.25, -0.2) is 9.97 Å². The largest absolute Gasteiger partial charge is 0.379 e. The van der Waals surface area contributed by atoms with E-state index in [-0.39, 0.29) is 11.9 Å². The van der Waals surface area contributed by atoms with E-state index in [0.29, 0.717) is 17.0 Å². The molecule has 128 valence electrons. The standard InChI is InChI=1S/C16H26N4O2S/c1-11-9-12(2)18-16(17-11)23-10-15(21)19-13(3)14(4)20-5-7-22-8-6-20/h9,13-14H,5-8,10H2,1-4H3,(H,19,21)/t13-,14-/m1/s1. The van der Waals surface area contributed by atoms with Crippen LogP contribution in [-0.4, -0.2) is 64.9 Å². The predicted molar refractivity (Wildman–Crippen MR) is 91.7 cm³/mol. The molecule has 6 nitrogen and oxygen atoms in total. The van der Waals surface area contributed by atoms with Crippen molar-refractivity contribution in [3.63, 3.8) is 0 Å². The zero-order chi connectivity index (χ0) is 16.8. The van der Waals surface area contributed by atoms with E-state index in [1.54, 1.807) is 0 Å². The van der Waals surface area contributed by atoms with E-state index in [9.17, 15) is 4.79 Å². The average Bonchev–Trinajstić information content (AvgIpc) is 2.52. The van der Waals surface area contributed by atoms with Crippen molar-refractivity contribution in [3.8, 4) is 0 Å². The molecule has 1 amide bonds. The fraction of sp³-hybridized carbons (Fsp3) is 0.688. The number of morpholine rings is 1. The van der Waals surface area contributed by atoms with Gasteiger partial charge < -0.3 is 10.1 Å². The van der Waals surface area contributed by atoms with Gasteiger partial charge in [0.05, 0.1) is 19.0 Å². The minimum absolute atomic E-state index is 0.0189. The number of hydrogen-bond donors (Lipinski definition) is 1. The smallest absolute Gasteiger partial charge is 0.230 e. The molecule has 0 radical (unpaired) electrons. The SMILES string of the molecule is Cc1cc(C)nc(SCC(=O)N[C@H](C)[C@@H](C)N2CCOCC2)n1. The first-order valence-electron chi connectivity index (χ1n) is 8.02. The maximum atomic E-state index is 12.2. The molecule has 1 aliphatic heterocycles. The first-order valence-corrected chi connectivity index (χ1v) is 9.00. The highest BCUT2D eigenvalue weighted by molar-refractivity contribution is 7.99. The number of carbonyl (C=O) groups excluding carboxylic acids is 1. The molecule has 0 aliphatic carbocycles. The molecule has 1 saturated heterocycles. The Morgan fingerprint density at radius 1 is 1.30 bits per heavy atom. The van der Waals surface area contributed by atoms with Crippen molar-refractivity contribution < 1.29 is 9.53 Å². The normalized spacial score (nSPS) is 18.4. The summed E-state index contributed by atoms with van der Waals surface area (Å²) in [5.41, 5.74) is 1.85. The minimum Gasteiger partial charge on any atom is -0.379 e. The number of thioether (sulfide) groups is 1. The summed E-state index contributed by atoms with van der Waals surface area (Å²) in [5, 5.41) is 3.74. The van der Waals surface area contributed by atoms with Crippen molar-refractivity contribution in [3.05, 3.63) is 17.5 Å². The van der Waals surface area contributed by atoms with Crippen LogP contribution in [0.5, 0.6) is 0 Å². The Morgan fingerprint density at radius 2 is 1.91 bits per heavy atom. The third-order valence-electron chi connectivity index (χ3n) is 4.03. The van der Waals surface area contributed by atoms with Crippen LogP contribution in [0.25, 0.3) is 0 Å². The quantitative estimate of drug-likeness (QED) is 0.625. The molecule has 1 N–H and O–H groups in total. The van der Waals surface area contributed by atoms with Gasteiger partial charge in [0.25, 0.3) is 0 Å². The maximum absolute atomic E-state index is 12.2. The molecule has 0 spiro atoms. The molecule has 0 unspecified atom stereocenters. The Balaban J connectivity index is 1.79. The van der Waals surface area contributed by atoms with Gasteiger partial charge in [0.2, 0.25) is 5.91 Å². The van der Waals surface area contributed by atoms with E-state index in [0.717, 1.165) is 37.7 Å². The molecule has 1 aromatic rings. The van der Waals surface area contributed by atoms with Crippen molar-refractivity contribution in [1.82, 2.24) is 20.2 Å². The monoisotopic (exact) mass is 338 g/mol. The van der Waals surface area contributed by atoms with Gasteiger partial charge in [0.1, 0.15) is 0 Å². The van der Waals surface area contributed by atoms with Crippen LogP contribution in [0.15, 0.2) is 11.2 Å². The third-order valence-corrected chi connectivity index (χ3v) is 4.88. The third kappa shape index (κ3) is 5.75. The van der Waals surface area contributed by atoms with Gasteiger partial charge in [0, 0.05) is 36.6 Å². The van der Waals surface area contributed by atoms with Crippen molar-refractivity contribution in [2.24, 2.45) is 0 Å². The lowest BCUT2D eigenvalue weighted by Gasteiger charge is -2.35. The van der Waals surface area contributed by atoms with Crippen LogP contribution in [0.2, 0.25) is 0 Å². The van der Waals surface area contributed by atoms with E-state index >= 15 is 0 Å². The number of rotatable bonds is 6. The zero-order valence-corrected chi connectivity index (χ0v) is 15.2. The summed E-state index contributed by atoms with van der Waals surface area (Å²) in [5.74, 6) is 0.355. The van der Waals surface area contributed by atoms with Gasteiger partial charge >= 0.3 is 0 Å². The molecular formula is C16H26N4O2S. The molecule has 23 heavy (non-hydrogen) atoms. The van der Waals surface area contributed by atoms with Crippen LogP contribution in [0, 0.1) is 13.8 Å². The number of aryl methyl sites for hydroxylation is 2. The minimum atomic E-state index is 0.0189. The second-order valence-electron chi connectivity index (χ2n) is 5.97. The Kier molecular flexibility index (Phi) is 6.80. The Morgan fingerprint density at radius 3 is 2.52 bits per heavy atom. The number of amides is 1. The van der Waals surface area contributed by atoms with Gasteiger partial charge in [-0.1, -0.05) is 11.8 Å². The van der Waals surface area contributed by atoms with E-state index < -0.39 is 0 Å². The van der Waals surface area contributed by atoms with Crippen molar-refractivity contribution in [2.45, 2.75) is 44.9 Å². The van der Waals surface area contributed by atoms with Crippen LogP contribution in [0.4, 0.5) is 0 Å². The van der Waals surface area contributed by atoms with E-state index in [1.807, 2.05) is 19.9 Å². The number of aromatic nitrogens is 2. The van der Waals surface area contributed by atoms with Gasteiger partial charge in [-0.05, 0) is 33.8 Å². The molecule has 1 aliphatic rings. The first kappa shape index (κ1) is 18.2. The van der Waals surface area contributed by atoms with Crippen molar-refractivity contribution in [1.29, 1.82) is 0 Å². The molecule has 0 saturated carbocycles. The molecule has 0 bridgehead atoms. The fourth-order valence-electron chi connectivity index (χ4n) is 2.61. The Labute approximate surface area is 142 Å². The summed E-state index contributed by atoms with van der Waals surface area (Å²) in [6.07, 6.45) is 0. The highest BCUT2D eigenvalue weighted by atomic mass is 32.2. The summed E-state index contributed by atoms with van der Waals surface area (Å²) >= 11 is 1.38. The summed E-state index contributed by atoms with van der Waals surface area (Å²) in [6.45, 7) is 11.5. The zero-order valence-electron chi connectivity index (χ0n) is 14.3. The lowest BCUT2D eigenvalue weighted by molar-refractivity contribution is -0.119. The highest BCUT2D eigenvalue weighted by Gasteiger charge is 2.23. The number of carbonyl (C=O) groups is 1. The summed E-state index contributed by atoms with van der Waals surface area (Å²) < 4.78 is 5.37. The van der Waals surface area contributed by atoms with Gasteiger partial charge in [0.15, 0.2) is 5.16 Å². The summed E-state index contributed by atoms with van der Waals surface area (Å²) in [6, 6.07) is 2.32. The molecular weight excluding hydrogens is 312 g/mol. The number of nitrogens with one attached hydrogen (secondary N) is 1. The van der Waals surface area contributed by atoms with Crippen molar-refractivity contribution >= 4 is 17.7 Å². The van der Waals surface area contributed by atoms with Gasteiger partial charge in [-0.2, -0.15) is 0 Å². The second-order valence-corrected chi connectivity index (χ2v) is 6.91. The van der Waals surface area contributed by atoms with E-state index in [1.165, 1.54) is 11.8 Å². The first-order chi connectivity index (χ1) is 11.0. The number of ether oxygens (including phenoxy) is 1. The predicted octanol–water partition coefficient (Wildman–Crippen LogP) is 1.41. The summed E-state index contributed by atoms with van der Waals surface area (Å²) in [7, 11) is 0. The van der Waals surface area contributed by atoms with Crippen molar-refractivity contribution in [2.75, 3.05) is 32.1 Å². The molecule has 7 heteroatoms. The molecule has 2 rings (SSSR count). The Hall–Kier alpha value is -1.18. The molecule has 1 aromatic heterocycles. The van der Waals surface area contributed by atoms with Gasteiger partial charge in [-0.3, -0.25) is 9.69 Å². The average molecular weight is 338 g/mol. The fourth-order valence-corrected chi connectivity index (χ4v) is 3.37. The topological polar surface area (TPSA) is 67.4 Å².